The van der Waals surface area contributed by atoms with E-state index in [-0.39, 0.29) is 6.54 Å². The second-order valence-electron chi connectivity index (χ2n) is 3.56. The van der Waals surface area contributed by atoms with Crippen molar-refractivity contribution in [3.05, 3.63) is 0 Å². The molecule has 0 aromatic rings. The standard InChI is InChI=1S/C8H19NO5/c1-9(2)3-5(11)7(13)8(14)6(12)4-10/h5-8,10-14H,3-4H2,1-2H3/t5-,6-,7-,8-/m0/s1. The highest BCUT2D eigenvalue weighted by Gasteiger charge is 2.29. The largest absolute Gasteiger partial charge is 0.394 e. The summed E-state index contributed by atoms with van der Waals surface area (Å²) in [6, 6.07) is 0. The van der Waals surface area contributed by atoms with Crippen LogP contribution < -0.4 is 0 Å². The van der Waals surface area contributed by atoms with Crippen LogP contribution in [0.3, 0.4) is 0 Å². The number of aliphatic hydroxyl groups is 5. The number of rotatable bonds is 6. The molecule has 6 heteroatoms. The molecule has 0 heterocycles. The topological polar surface area (TPSA) is 104 Å². The minimum absolute atomic E-state index is 0.163. The maximum atomic E-state index is 9.36. The van der Waals surface area contributed by atoms with Crippen molar-refractivity contribution in [3.8, 4) is 0 Å². The molecule has 0 unspecified atom stereocenters. The van der Waals surface area contributed by atoms with Crippen molar-refractivity contribution in [1.29, 1.82) is 0 Å². The summed E-state index contributed by atoms with van der Waals surface area (Å²) in [7, 11) is 3.40. The molecule has 14 heavy (non-hydrogen) atoms. The van der Waals surface area contributed by atoms with Crippen molar-refractivity contribution >= 4 is 0 Å². The molecule has 5 N–H and O–H groups in total. The molecular weight excluding hydrogens is 190 g/mol. The van der Waals surface area contributed by atoms with Crippen molar-refractivity contribution < 1.29 is 25.5 Å². The molecule has 0 aromatic carbocycles. The van der Waals surface area contributed by atoms with Gasteiger partial charge in [-0.3, -0.25) is 0 Å². The number of hydrogen-bond donors (Lipinski definition) is 5. The van der Waals surface area contributed by atoms with Crippen molar-refractivity contribution in [3.63, 3.8) is 0 Å². The monoisotopic (exact) mass is 209 g/mol. The Labute approximate surface area is 83.0 Å². The van der Waals surface area contributed by atoms with Crippen LogP contribution in [0.4, 0.5) is 0 Å². The smallest absolute Gasteiger partial charge is 0.111 e. The van der Waals surface area contributed by atoms with E-state index in [0.29, 0.717) is 0 Å². The molecule has 86 valence electrons. The SMILES string of the molecule is CN(C)C[C@H](O)[C@H](O)[C@@H](O)[C@@H](O)CO. The first-order valence-corrected chi connectivity index (χ1v) is 4.38. The molecule has 4 atom stereocenters. The van der Waals surface area contributed by atoms with Gasteiger partial charge in [0.15, 0.2) is 0 Å². The lowest BCUT2D eigenvalue weighted by molar-refractivity contribution is -0.117. The van der Waals surface area contributed by atoms with Gasteiger partial charge in [-0.2, -0.15) is 0 Å². The number of nitrogens with zero attached hydrogens (tertiary/aromatic N) is 1. The van der Waals surface area contributed by atoms with Crippen LogP contribution in [0.15, 0.2) is 0 Å². The van der Waals surface area contributed by atoms with Crippen LogP contribution in [0.5, 0.6) is 0 Å². The van der Waals surface area contributed by atoms with E-state index in [1.165, 1.54) is 0 Å². The van der Waals surface area contributed by atoms with Crippen LogP contribution in [0, 0.1) is 0 Å². The molecule has 0 saturated heterocycles. The van der Waals surface area contributed by atoms with Gasteiger partial charge in [-0.25, -0.2) is 0 Å². The molecule has 0 aromatic heterocycles. The minimum atomic E-state index is -1.55. The Bertz CT molecular complexity index is 155. The Morgan fingerprint density at radius 2 is 1.36 bits per heavy atom. The van der Waals surface area contributed by atoms with E-state index < -0.39 is 31.0 Å². The lowest BCUT2D eigenvalue weighted by Gasteiger charge is -2.27. The molecule has 0 bridgehead atoms. The zero-order valence-corrected chi connectivity index (χ0v) is 8.41. The predicted octanol–water partition coefficient (Wildman–Crippen LogP) is -3.02. The van der Waals surface area contributed by atoms with E-state index in [1.807, 2.05) is 0 Å². The van der Waals surface area contributed by atoms with Gasteiger partial charge in [0.2, 0.25) is 0 Å². The molecule has 0 aliphatic rings. The zero-order chi connectivity index (χ0) is 11.3. The molecule has 0 spiro atoms. The fraction of sp³-hybridized carbons (Fsp3) is 1.00. The van der Waals surface area contributed by atoms with Crippen LogP contribution >= 0.6 is 0 Å². The van der Waals surface area contributed by atoms with Gasteiger partial charge in [0.25, 0.3) is 0 Å². The Hall–Kier alpha value is -0.240. The Morgan fingerprint density at radius 3 is 1.71 bits per heavy atom. The highest BCUT2D eigenvalue weighted by molar-refractivity contribution is 4.81. The predicted molar refractivity (Wildman–Crippen MR) is 49.7 cm³/mol. The molecule has 0 amide bonds. The third-order valence-corrected chi connectivity index (χ3v) is 1.88. The van der Waals surface area contributed by atoms with E-state index in [2.05, 4.69) is 0 Å². The summed E-state index contributed by atoms with van der Waals surface area (Å²) in [5.74, 6) is 0. The first-order chi connectivity index (χ1) is 6.40. The highest BCUT2D eigenvalue weighted by atomic mass is 16.4. The Balaban J connectivity index is 4.09. The third-order valence-electron chi connectivity index (χ3n) is 1.88. The lowest BCUT2D eigenvalue weighted by atomic mass is 10.0. The quantitative estimate of drug-likeness (QED) is 0.319. The summed E-state index contributed by atoms with van der Waals surface area (Å²) in [5, 5.41) is 45.4. The van der Waals surface area contributed by atoms with Gasteiger partial charge >= 0.3 is 0 Å². The summed E-state index contributed by atoms with van der Waals surface area (Å²) in [6.45, 7) is -0.497. The molecule has 0 saturated carbocycles. The summed E-state index contributed by atoms with van der Waals surface area (Å²) in [4.78, 5) is 1.63. The van der Waals surface area contributed by atoms with E-state index in [0.717, 1.165) is 0 Å². The third kappa shape index (κ3) is 4.32. The van der Waals surface area contributed by atoms with Gasteiger partial charge in [0.1, 0.15) is 18.3 Å². The highest BCUT2D eigenvalue weighted by Crippen LogP contribution is 2.05. The first-order valence-electron chi connectivity index (χ1n) is 4.38. The van der Waals surface area contributed by atoms with Crippen molar-refractivity contribution in [2.75, 3.05) is 27.2 Å². The maximum Gasteiger partial charge on any atom is 0.111 e. The number of aliphatic hydroxyl groups excluding tert-OH is 5. The second-order valence-corrected chi connectivity index (χ2v) is 3.56. The number of hydrogen-bond acceptors (Lipinski definition) is 6. The van der Waals surface area contributed by atoms with Gasteiger partial charge in [-0.1, -0.05) is 0 Å². The van der Waals surface area contributed by atoms with Gasteiger partial charge in [0.05, 0.1) is 12.7 Å². The van der Waals surface area contributed by atoms with Crippen molar-refractivity contribution in [1.82, 2.24) is 4.90 Å². The van der Waals surface area contributed by atoms with Crippen molar-refractivity contribution in [2.45, 2.75) is 24.4 Å². The zero-order valence-electron chi connectivity index (χ0n) is 8.41. The Morgan fingerprint density at radius 1 is 0.929 bits per heavy atom. The molecule has 0 radical (unpaired) electrons. The molecule has 6 nitrogen and oxygen atoms in total. The second kappa shape index (κ2) is 6.28. The molecule has 0 fully saturated rings. The Kier molecular flexibility index (Phi) is 6.17. The van der Waals surface area contributed by atoms with Crippen LogP contribution in [0.2, 0.25) is 0 Å². The first kappa shape index (κ1) is 13.8. The normalized spacial score (nSPS) is 20.6. The average molecular weight is 209 g/mol. The molecule has 0 aliphatic heterocycles. The van der Waals surface area contributed by atoms with Crippen LogP contribution in [-0.4, -0.2) is 82.1 Å². The van der Waals surface area contributed by atoms with E-state index >= 15 is 0 Å². The van der Waals surface area contributed by atoms with Gasteiger partial charge in [-0.15, -0.1) is 0 Å². The maximum absolute atomic E-state index is 9.36. The average Bonchev–Trinajstić information content (AvgIpc) is 2.13. The van der Waals surface area contributed by atoms with Gasteiger partial charge < -0.3 is 30.4 Å². The lowest BCUT2D eigenvalue weighted by Crippen LogP contribution is -2.48. The molecule has 0 rings (SSSR count). The van der Waals surface area contributed by atoms with E-state index in [1.54, 1.807) is 19.0 Å². The van der Waals surface area contributed by atoms with Crippen molar-refractivity contribution in [2.24, 2.45) is 0 Å². The van der Waals surface area contributed by atoms with Crippen LogP contribution in [0.1, 0.15) is 0 Å². The summed E-state index contributed by atoms with van der Waals surface area (Å²) < 4.78 is 0. The van der Waals surface area contributed by atoms with Crippen LogP contribution in [-0.2, 0) is 0 Å². The molecule has 0 aliphatic carbocycles. The minimum Gasteiger partial charge on any atom is -0.394 e. The van der Waals surface area contributed by atoms with Gasteiger partial charge in [-0.05, 0) is 14.1 Å². The fourth-order valence-corrected chi connectivity index (χ4v) is 1.05. The van der Waals surface area contributed by atoms with E-state index in [9.17, 15) is 15.3 Å². The fourth-order valence-electron chi connectivity index (χ4n) is 1.05. The summed E-state index contributed by atoms with van der Waals surface area (Å²) >= 11 is 0. The summed E-state index contributed by atoms with van der Waals surface area (Å²) in [6.07, 6.45) is -5.63. The molecular formula is C8H19NO5. The van der Waals surface area contributed by atoms with Gasteiger partial charge in [0, 0.05) is 6.54 Å². The number of likely N-dealkylation sites (N-methyl/N-ethyl adjacent to an activating group) is 1. The van der Waals surface area contributed by atoms with E-state index in [4.69, 9.17) is 10.2 Å². The van der Waals surface area contributed by atoms with Crippen LogP contribution in [0.25, 0.3) is 0 Å². The summed E-state index contributed by atoms with van der Waals surface area (Å²) in [5.41, 5.74) is 0.